The number of piperidine rings is 1. The Kier molecular flexibility index (Phi) is 7.19. The molecule has 1 fully saturated rings. The van der Waals surface area contributed by atoms with Crippen molar-refractivity contribution in [2.75, 3.05) is 44.2 Å². The number of hydrogen-bond acceptors (Lipinski definition) is 4. The van der Waals surface area contributed by atoms with Crippen molar-refractivity contribution in [1.82, 2.24) is 10.2 Å². The van der Waals surface area contributed by atoms with Crippen LogP contribution >= 0.6 is 0 Å². The second-order valence-corrected chi connectivity index (χ2v) is 7.66. The molecule has 0 aromatic heterocycles. The second-order valence-electron chi connectivity index (χ2n) is 5.18. The summed E-state index contributed by atoms with van der Waals surface area (Å²) in [6.45, 7) is 9.24. The van der Waals surface area contributed by atoms with Crippen LogP contribution in [-0.4, -0.2) is 57.5 Å². The van der Waals surface area contributed by atoms with E-state index in [1.807, 2.05) is 0 Å². The van der Waals surface area contributed by atoms with Gasteiger partial charge in [-0.15, -0.1) is 0 Å². The predicted octanol–water partition coefficient (Wildman–Crippen LogP) is 1.13. The Hall–Kier alpha value is -0.130. The van der Waals surface area contributed by atoms with Gasteiger partial charge in [0.25, 0.3) is 0 Å². The van der Waals surface area contributed by atoms with Crippen LogP contribution in [0.4, 0.5) is 0 Å². The zero-order valence-electron chi connectivity index (χ0n) is 11.8. The van der Waals surface area contributed by atoms with Gasteiger partial charge in [0.15, 0.2) is 0 Å². The van der Waals surface area contributed by atoms with Crippen LogP contribution < -0.4 is 5.32 Å². The smallest absolute Gasteiger partial charge is 0.150 e. The zero-order chi connectivity index (χ0) is 13.4. The minimum atomic E-state index is -2.78. The summed E-state index contributed by atoms with van der Waals surface area (Å²) < 4.78 is 22.8. The summed E-state index contributed by atoms with van der Waals surface area (Å²) in [5, 5.41) is 3.41. The highest BCUT2D eigenvalue weighted by molar-refractivity contribution is 7.91. The predicted molar refractivity (Wildman–Crippen MR) is 76.7 cm³/mol. The maximum Gasteiger partial charge on any atom is 0.150 e. The number of hydrogen-bond donors (Lipinski definition) is 1. The molecule has 0 atom stereocenters. The third kappa shape index (κ3) is 6.16. The number of rotatable bonds is 8. The standard InChI is InChI=1S/C13H28N2O2S/c1-3-14-12-13-6-9-15(10-7-13)8-5-11-18(16,17)4-2/h13-14H,3-12H2,1-2H3. The third-order valence-electron chi connectivity index (χ3n) is 3.76. The lowest BCUT2D eigenvalue weighted by molar-refractivity contribution is 0.183. The van der Waals surface area contributed by atoms with Crippen LogP contribution in [0.1, 0.15) is 33.1 Å². The Balaban J connectivity index is 2.12. The molecule has 0 amide bonds. The van der Waals surface area contributed by atoms with E-state index in [-0.39, 0.29) is 5.75 Å². The van der Waals surface area contributed by atoms with E-state index in [1.54, 1.807) is 6.92 Å². The van der Waals surface area contributed by atoms with Crippen molar-refractivity contribution in [1.29, 1.82) is 0 Å². The molecule has 0 spiro atoms. The van der Waals surface area contributed by atoms with E-state index >= 15 is 0 Å². The van der Waals surface area contributed by atoms with Crippen molar-refractivity contribution in [2.24, 2.45) is 5.92 Å². The van der Waals surface area contributed by atoms with Crippen LogP contribution in [-0.2, 0) is 9.84 Å². The van der Waals surface area contributed by atoms with E-state index in [9.17, 15) is 8.42 Å². The molecule has 5 heteroatoms. The van der Waals surface area contributed by atoms with Crippen LogP contribution in [0.5, 0.6) is 0 Å². The monoisotopic (exact) mass is 276 g/mol. The summed E-state index contributed by atoms with van der Waals surface area (Å²) in [5.41, 5.74) is 0. The summed E-state index contributed by atoms with van der Waals surface area (Å²) in [6.07, 6.45) is 3.27. The quantitative estimate of drug-likeness (QED) is 0.722. The van der Waals surface area contributed by atoms with Gasteiger partial charge in [-0.3, -0.25) is 0 Å². The van der Waals surface area contributed by atoms with E-state index in [0.717, 1.165) is 45.1 Å². The van der Waals surface area contributed by atoms with Crippen LogP contribution in [0.2, 0.25) is 0 Å². The summed E-state index contributed by atoms with van der Waals surface area (Å²) in [5.74, 6) is 1.43. The molecule has 0 unspecified atom stereocenters. The molecule has 0 aliphatic carbocycles. The van der Waals surface area contributed by atoms with Gasteiger partial charge in [-0.2, -0.15) is 0 Å². The van der Waals surface area contributed by atoms with E-state index in [4.69, 9.17) is 0 Å². The van der Waals surface area contributed by atoms with Crippen LogP contribution in [0.25, 0.3) is 0 Å². The van der Waals surface area contributed by atoms with Crippen molar-refractivity contribution in [3.05, 3.63) is 0 Å². The summed E-state index contributed by atoms with van der Waals surface area (Å²) >= 11 is 0. The first-order chi connectivity index (χ1) is 8.57. The zero-order valence-corrected chi connectivity index (χ0v) is 12.6. The third-order valence-corrected chi connectivity index (χ3v) is 5.55. The van der Waals surface area contributed by atoms with E-state index in [2.05, 4.69) is 17.1 Å². The first-order valence-electron chi connectivity index (χ1n) is 7.21. The molecule has 1 saturated heterocycles. The highest BCUT2D eigenvalue weighted by atomic mass is 32.2. The molecule has 0 radical (unpaired) electrons. The molecule has 1 aliphatic rings. The molecular weight excluding hydrogens is 248 g/mol. The lowest BCUT2D eigenvalue weighted by Crippen LogP contribution is -2.38. The molecule has 18 heavy (non-hydrogen) atoms. The van der Waals surface area contributed by atoms with Crippen molar-refractivity contribution in [2.45, 2.75) is 33.1 Å². The first-order valence-corrected chi connectivity index (χ1v) is 9.03. The lowest BCUT2D eigenvalue weighted by Gasteiger charge is -2.32. The Morgan fingerprint density at radius 3 is 2.44 bits per heavy atom. The van der Waals surface area contributed by atoms with Crippen LogP contribution in [0.3, 0.4) is 0 Å². The molecule has 0 aromatic carbocycles. The normalized spacial score (nSPS) is 19.2. The number of likely N-dealkylation sites (tertiary alicyclic amines) is 1. The fraction of sp³-hybridized carbons (Fsp3) is 1.00. The number of nitrogens with one attached hydrogen (secondary N) is 1. The number of nitrogens with zero attached hydrogens (tertiary/aromatic N) is 1. The molecule has 108 valence electrons. The topological polar surface area (TPSA) is 49.4 Å². The van der Waals surface area contributed by atoms with Gasteiger partial charge in [-0.1, -0.05) is 13.8 Å². The van der Waals surface area contributed by atoms with E-state index in [1.165, 1.54) is 12.8 Å². The first kappa shape index (κ1) is 15.9. The summed E-state index contributed by atoms with van der Waals surface area (Å²) in [4.78, 5) is 2.41. The molecule has 0 saturated carbocycles. The maximum absolute atomic E-state index is 11.4. The highest BCUT2D eigenvalue weighted by Gasteiger charge is 2.18. The highest BCUT2D eigenvalue weighted by Crippen LogP contribution is 2.16. The average molecular weight is 276 g/mol. The minimum absolute atomic E-state index is 0.276. The number of sulfone groups is 1. The Bertz CT molecular complexity index is 309. The summed E-state index contributed by atoms with van der Waals surface area (Å²) in [6, 6.07) is 0. The Labute approximate surface area is 112 Å². The van der Waals surface area contributed by atoms with Crippen LogP contribution in [0, 0.1) is 5.92 Å². The molecule has 1 aliphatic heterocycles. The molecule has 0 bridgehead atoms. The van der Waals surface area contributed by atoms with Gasteiger partial charge in [0, 0.05) is 5.75 Å². The van der Waals surface area contributed by atoms with Crippen LogP contribution in [0.15, 0.2) is 0 Å². The Morgan fingerprint density at radius 1 is 1.22 bits per heavy atom. The fourth-order valence-electron chi connectivity index (χ4n) is 2.42. The van der Waals surface area contributed by atoms with E-state index < -0.39 is 9.84 Å². The molecule has 4 nitrogen and oxygen atoms in total. The minimum Gasteiger partial charge on any atom is -0.317 e. The van der Waals surface area contributed by atoms with Crippen molar-refractivity contribution in [3.63, 3.8) is 0 Å². The lowest BCUT2D eigenvalue weighted by atomic mass is 9.97. The van der Waals surface area contributed by atoms with Gasteiger partial charge in [0.05, 0.1) is 5.75 Å². The van der Waals surface area contributed by atoms with Gasteiger partial charge in [-0.05, 0) is 57.9 Å². The van der Waals surface area contributed by atoms with Gasteiger partial charge in [0.1, 0.15) is 9.84 Å². The SMILES string of the molecule is CCNCC1CCN(CCCS(=O)(=O)CC)CC1. The average Bonchev–Trinajstić information content (AvgIpc) is 2.38. The Morgan fingerprint density at radius 2 is 1.89 bits per heavy atom. The molecule has 1 rings (SSSR count). The molecule has 1 N–H and O–H groups in total. The van der Waals surface area contributed by atoms with Crippen molar-refractivity contribution in [3.8, 4) is 0 Å². The summed E-state index contributed by atoms with van der Waals surface area (Å²) in [7, 11) is -2.78. The van der Waals surface area contributed by atoms with Gasteiger partial charge < -0.3 is 10.2 Å². The maximum atomic E-state index is 11.4. The largest absolute Gasteiger partial charge is 0.317 e. The van der Waals surface area contributed by atoms with Gasteiger partial charge >= 0.3 is 0 Å². The van der Waals surface area contributed by atoms with Crippen molar-refractivity contribution < 1.29 is 8.42 Å². The molecule has 0 aromatic rings. The fourth-order valence-corrected chi connectivity index (χ4v) is 3.27. The van der Waals surface area contributed by atoms with E-state index in [0.29, 0.717) is 5.75 Å². The second kappa shape index (κ2) is 8.12. The molecular formula is C13H28N2O2S. The molecule has 1 heterocycles. The van der Waals surface area contributed by atoms with Crippen molar-refractivity contribution >= 4 is 9.84 Å². The van der Waals surface area contributed by atoms with Gasteiger partial charge in [0.2, 0.25) is 0 Å². The van der Waals surface area contributed by atoms with Gasteiger partial charge in [-0.25, -0.2) is 8.42 Å².